The van der Waals surface area contributed by atoms with Crippen LogP contribution in [0.3, 0.4) is 0 Å². The Balaban J connectivity index is 1.67. The van der Waals surface area contributed by atoms with E-state index < -0.39 is 0 Å². The SMILES string of the molecule is CN1CCCC(Sc2nc3scc(-c4cccs4)c3c(=O)[nH]2)C1. The van der Waals surface area contributed by atoms with Crippen molar-refractivity contribution in [3.8, 4) is 10.4 Å². The molecule has 1 saturated heterocycles. The average molecular weight is 364 g/mol. The van der Waals surface area contributed by atoms with Gasteiger partial charge in [-0.25, -0.2) is 4.98 Å². The van der Waals surface area contributed by atoms with Gasteiger partial charge in [0, 0.05) is 27.6 Å². The van der Waals surface area contributed by atoms with Crippen LogP contribution in [0.4, 0.5) is 0 Å². The van der Waals surface area contributed by atoms with Gasteiger partial charge in [-0.2, -0.15) is 0 Å². The number of piperidine rings is 1. The number of aromatic nitrogens is 2. The molecule has 0 saturated carbocycles. The smallest absolute Gasteiger partial charge is 0.260 e. The molecule has 1 atom stereocenters. The van der Waals surface area contributed by atoms with Crippen molar-refractivity contribution >= 4 is 44.7 Å². The van der Waals surface area contributed by atoms with E-state index in [0.717, 1.165) is 38.9 Å². The van der Waals surface area contributed by atoms with Gasteiger partial charge in [-0.05, 0) is 37.9 Å². The van der Waals surface area contributed by atoms with Crippen LogP contribution >= 0.6 is 34.4 Å². The molecule has 3 aromatic rings. The summed E-state index contributed by atoms with van der Waals surface area (Å²) in [6, 6.07) is 4.06. The lowest BCUT2D eigenvalue weighted by atomic mass is 10.1. The Morgan fingerprint density at radius 2 is 2.35 bits per heavy atom. The van der Waals surface area contributed by atoms with Crippen LogP contribution in [0.5, 0.6) is 0 Å². The van der Waals surface area contributed by atoms with Gasteiger partial charge in [-0.3, -0.25) is 4.79 Å². The van der Waals surface area contributed by atoms with E-state index >= 15 is 0 Å². The Bertz CT molecular complexity index is 868. The molecule has 1 fully saturated rings. The Morgan fingerprint density at radius 3 is 3.13 bits per heavy atom. The molecule has 4 nitrogen and oxygen atoms in total. The third-order valence-electron chi connectivity index (χ3n) is 4.07. The molecule has 0 radical (unpaired) electrons. The molecule has 1 N–H and O–H groups in total. The van der Waals surface area contributed by atoms with Crippen molar-refractivity contribution < 1.29 is 0 Å². The fourth-order valence-corrected chi connectivity index (χ4v) is 6.02. The fraction of sp³-hybridized carbons (Fsp3) is 0.375. The van der Waals surface area contributed by atoms with E-state index in [1.807, 2.05) is 22.9 Å². The molecule has 1 aliphatic heterocycles. The molecule has 0 bridgehead atoms. The summed E-state index contributed by atoms with van der Waals surface area (Å²) < 4.78 is 0. The fourth-order valence-electron chi connectivity index (χ4n) is 2.97. The van der Waals surface area contributed by atoms with Gasteiger partial charge < -0.3 is 9.88 Å². The first-order valence-electron chi connectivity index (χ1n) is 7.61. The number of likely N-dealkylation sites (tertiary alicyclic amines) is 1. The molecule has 3 aromatic heterocycles. The van der Waals surface area contributed by atoms with Crippen LogP contribution < -0.4 is 5.56 Å². The van der Waals surface area contributed by atoms with Crippen LogP contribution in [-0.2, 0) is 0 Å². The average Bonchev–Trinajstić information content (AvgIpc) is 3.15. The minimum atomic E-state index is -0.0219. The highest BCUT2D eigenvalue weighted by atomic mass is 32.2. The summed E-state index contributed by atoms with van der Waals surface area (Å²) in [6.07, 6.45) is 2.39. The van der Waals surface area contributed by atoms with Crippen molar-refractivity contribution in [2.24, 2.45) is 0 Å². The number of nitrogens with one attached hydrogen (secondary N) is 1. The van der Waals surface area contributed by atoms with Gasteiger partial charge >= 0.3 is 0 Å². The van der Waals surface area contributed by atoms with Crippen LogP contribution in [0, 0.1) is 0 Å². The van der Waals surface area contributed by atoms with Crippen LogP contribution in [-0.4, -0.2) is 40.3 Å². The summed E-state index contributed by atoms with van der Waals surface area (Å²) in [4.78, 5) is 24.6. The quantitative estimate of drug-likeness (QED) is 0.717. The first kappa shape index (κ1) is 15.4. The van der Waals surface area contributed by atoms with E-state index in [-0.39, 0.29) is 5.56 Å². The molecule has 0 aromatic carbocycles. The summed E-state index contributed by atoms with van der Waals surface area (Å²) in [5.74, 6) is 0. The Hall–Kier alpha value is -1.15. The molecular weight excluding hydrogens is 346 g/mol. The van der Waals surface area contributed by atoms with Gasteiger partial charge in [0.15, 0.2) is 5.16 Å². The molecule has 4 heterocycles. The first-order valence-corrected chi connectivity index (χ1v) is 10.2. The standard InChI is InChI=1S/C16H17N3OS3/c1-19-6-2-4-10(8-19)23-16-17-14(20)13-11(9-22-15(13)18-16)12-5-3-7-21-12/h3,5,7,9-10H,2,4,6,8H2,1H3,(H,17,18,20). The zero-order valence-electron chi connectivity index (χ0n) is 12.7. The second kappa shape index (κ2) is 6.39. The number of aromatic amines is 1. The Kier molecular flexibility index (Phi) is 4.27. The molecule has 4 rings (SSSR count). The number of nitrogens with zero attached hydrogens (tertiary/aromatic N) is 2. The van der Waals surface area contributed by atoms with E-state index in [4.69, 9.17) is 4.98 Å². The molecule has 0 spiro atoms. The summed E-state index contributed by atoms with van der Waals surface area (Å²) in [7, 11) is 2.15. The van der Waals surface area contributed by atoms with Crippen molar-refractivity contribution in [1.29, 1.82) is 0 Å². The van der Waals surface area contributed by atoms with Crippen molar-refractivity contribution in [3.63, 3.8) is 0 Å². The van der Waals surface area contributed by atoms with Gasteiger partial charge in [-0.15, -0.1) is 22.7 Å². The van der Waals surface area contributed by atoms with Gasteiger partial charge in [0.25, 0.3) is 5.56 Å². The van der Waals surface area contributed by atoms with E-state index in [2.05, 4.69) is 16.9 Å². The molecule has 1 aliphatic rings. The molecular formula is C16H17N3OS3. The molecule has 0 aliphatic carbocycles. The largest absolute Gasteiger partial charge is 0.305 e. The number of hydrogen-bond acceptors (Lipinski definition) is 6. The number of thiophene rings is 2. The van der Waals surface area contributed by atoms with Crippen molar-refractivity contribution in [2.45, 2.75) is 23.2 Å². The maximum Gasteiger partial charge on any atom is 0.260 e. The highest BCUT2D eigenvalue weighted by Gasteiger charge is 2.20. The van der Waals surface area contributed by atoms with E-state index in [0.29, 0.717) is 5.25 Å². The maximum atomic E-state index is 12.6. The second-order valence-electron chi connectivity index (χ2n) is 5.82. The predicted octanol–water partition coefficient (Wildman–Crippen LogP) is 3.90. The van der Waals surface area contributed by atoms with Crippen molar-refractivity contribution in [1.82, 2.24) is 14.9 Å². The van der Waals surface area contributed by atoms with E-state index in [1.165, 1.54) is 12.8 Å². The minimum absolute atomic E-state index is 0.0219. The second-order valence-corrected chi connectivity index (χ2v) is 8.92. The number of rotatable bonds is 3. The normalized spacial score (nSPS) is 19.4. The topological polar surface area (TPSA) is 49.0 Å². The molecule has 0 amide bonds. The number of H-pyrrole nitrogens is 1. The van der Waals surface area contributed by atoms with Crippen LogP contribution in [0.1, 0.15) is 12.8 Å². The van der Waals surface area contributed by atoms with Crippen LogP contribution in [0.2, 0.25) is 0 Å². The highest BCUT2D eigenvalue weighted by Crippen LogP contribution is 2.34. The molecule has 7 heteroatoms. The Labute approximate surface area is 146 Å². The maximum absolute atomic E-state index is 12.6. The number of thioether (sulfide) groups is 1. The predicted molar refractivity (Wildman–Crippen MR) is 99.9 cm³/mol. The van der Waals surface area contributed by atoms with Crippen molar-refractivity contribution in [2.75, 3.05) is 20.1 Å². The zero-order valence-corrected chi connectivity index (χ0v) is 15.2. The number of fused-ring (bicyclic) bond motifs is 1. The minimum Gasteiger partial charge on any atom is -0.305 e. The number of hydrogen-bond donors (Lipinski definition) is 1. The van der Waals surface area contributed by atoms with E-state index in [1.54, 1.807) is 34.4 Å². The van der Waals surface area contributed by atoms with Gasteiger partial charge in [0.1, 0.15) is 4.83 Å². The zero-order chi connectivity index (χ0) is 15.8. The van der Waals surface area contributed by atoms with Crippen LogP contribution in [0.15, 0.2) is 32.8 Å². The lowest BCUT2D eigenvalue weighted by Crippen LogP contribution is -2.33. The summed E-state index contributed by atoms with van der Waals surface area (Å²) in [5.41, 5.74) is 0.981. The van der Waals surface area contributed by atoms with E-state index in [9.17, 15) is 4.79 Å². The Morgan fingerprint density at radius 1 is 1.43 bits per heavy atom. The van der Waals surface area contributed by atoms with Crippen LogP contribution in [0.25, 0.3) is 20.7 Å². The first-order chi connectivity index (χ1) is 11.2. The summed E-state index contributed by atoms with van der Waals surface area (Å²) in [6.45, 7) is 2.21. The lowest BCUT2D eigenvalue weighted by Gasteiger charge is -2.28. The molecule has 120 valence electrons. The van der Waals surface area contributed by atoms with Gasteiger partial charge in [-0.1, -0.05) is 17.8 Å². The highest BCUT2D eigenvalue weighted by molar-refractivity contribution is 7.99. The molecule has 23 heavy (non-hydrogen) atoms. The van der Waals surface area contributed by atoms with Gasteiger partial charge in [0.05, 0.1) is 5.39 Å². The van der Waals surface area contributed by atoms with Crippen molar-refractivity contribution in [3.05, 3.63) is 33.2 Å². The third kappa shape index (κ3) is 3.10. The monoisotopic (exact) mass is 363 g/mol. The summed E-state index contributed by atoms with van der Waals surface area (Å²) in [5, 5.41) is 6.06. The molecule has 1 unspecified atom stereocenters. The summed E-state index contributed by atoms with van der Waals surface area (Å²) >= 11 is 4.91. The third-order valence-corrected chi connectivity index (χ3v) is 6.98. The lowest BCUT2D eigenvalue weighted by molar-refractivity contribution is 0.283. The van der Waals surface area contributed by atoms with Gasteiger partial charge in [0.2, 0.25) is 0 Å².